The second-order valence-electron chi connectivity index (χ2n) is 7.25. The highest BCUT2D eigenvalue weighted by Gasteiger charge is 2.17. The number of aromatic nitrogens is 3. The first-order chi connectivity index (χ1) is 15.8. The summed E-state index contributed by atoms with van der Waals surface area (Å²) in [7, 11) is -3.86. The van der Waals surface area contributed by atoms with Gasteiger partial charge in [-0.15, -0.1) is 10.2 Å². The van der Waals surface area contributed by atoms with Crippen LogP contribution in [0, 0.1) is 6.92 Å². The van der Waals surface area contributed by atoms with Crippen LogP contribution < -0.4 is 10.5 Å². The highest BCUT2D eigenvalue weighted by atomic mass is 32.2. The molecule has 3 N–H and O–H groups in total. The van der Waals surface area contributed by atoms with Crippen LogP contribution in [0.15, 0.2) is 81.4 Å². The van der Waals surface area contributed by atoms with Crippen molar-refractivity contribution in [1.29, 1.82) is 0 Å². The highest BCUT2D eigenvalue weighted by Crippen LogP contribution is 2.26. The van der Waals surface area contributed by atoms with Crippen molar-refractivity contribution in [2.75, 3.05) is 11.1 Å². The molecular weight excluding hydrogens is 462 g/mol. The van der Waals surface area contributed by atoms with Crippen molar-refractivity contribution in [3.05, 3.63) is 78.3 Å². The molecule has 0 saturated carbocycles. The Labute approximate surface area is 195 Å². The molecule has 4 rings (SSSR count). The number of sulfonamides is 1. The Morgan fingerprint density at radius 1 is 1.12 bits per heavy atom. The number of anilines is 1. The van der Waals surface area contributed by atoms with E-state index in [0.29, 0.717) is 23.2 Å². The lowest BCUT2D eigenvalue weighted by Crippen LogP contribution is -2.16. The van der Waals surface area contributed by atoms with E-state index in [4.69, 9.17) is 9.56 Å². The quantitative estimate of drug-likeness (QED) is 0.367. The molecule has 0 fully saturated rings. The molecule has 2 heterocycles. The molecule has 0 aliphatic heterocycles. The van der Waals surface area contributed by atoms with E-state index < -0.39 is 10.0 Å². The van der Waals surface area contributed by atoms with E-state index in [0.717, 1.165) is 16.9 Å². The van der Waals surface area contributed by atoms with Crippen molar-refractivity contribution in [3.8, 4) is 11.4 Å². The van der Waals surface area contributed by atoms with Crippen molar-refractivity contribution in [2.45, 2.75) is 23.5 Å². The first-order valence-electron chi connectivity index (χ1n) is 9.88. The summed E-state index contributed by atoms with van der Waals surface area (Å²) in [6.45, 7) is 2.41. The average Bonchev–Trinajstić information content (AvgIpc) is 3.42. The summed E-state index contributed by atoms with van der Waals surface area (Å²) < 4.78 is 30.4. The number of nitrogens with two attached hydrogens (primary N) is 1. The lowest BCUT2D eigenvalue weighted by molar-refractivity contribution is -0.113. The maximum atomic E-state index is 12.5. The maximum Gasteiger partial charge on any atom is 0.238 e. The number of hydrogen-bond donors (Lipinski definition) is 2. The number of nitrogens with one attached hydrogen (secondary N) is 1. The fourth-order valence-corrected chi connectivity index (χ4v) is 4.47. The average molecular weight is 484 g/mol. The van der Waals surface area contributed by atoms with E-state index >= 15 is 0 Å². The SMILES string of the molecule is Cc1cccc(-c2nnc(SCC(=O)Nc3cccc(S(N)(=O)=O)c3)n2Cc2ccco2)c1. The van der Waals surface area contributed by atoms with E-state index in [9.17, 15) is 13.2 Å². The zero-order chi connectivity index (χ0) is 23.4. The molecule has 0 aliphatic rings. The number of thioether (sulfide) groups is 1. The van der Waals surface area contributed by atoms with Gasteiger partial charge in [-0.1, -0.05) is 41.6 Å². The molecular formula is C22H21N5O4S2. The van der Waals surface area contributed by atoms with Gasteiger partial charge in [0.05, 0.1) is 23.5 Å². The molecule has 0 spiro atoms. The minimum atomic E-state index is -3.86. The van der Waals surface area contributed by atoms with Crippen LogP contribution in [0.4, 0.5) is 5.69 Å². The standard InChI is InChI=1S/C22H21N5O4S2/c1-15-5-2-6-16(11-15)21-25-26-22(27(21)13-18-8-4-10-31-18)32-14-20(28)24-17-7-3-9-19(12-17)33(23,29)30/h2-12H,13-14H2,1H3,(H,24,28)(H2,23,29,30). The minimum Gasteiger partial charge on any atom is -0.467 e. The topological polar surface area (TPSA) is 133 Å². The second kappa shape index (κ2) is 9.61. The van der Waals surface area contributed by atoms with Crippen molar-refractivity contribution in [3.63, 3.8) is 0 Å². The van der Waals surface area contributed by atoms with E-state index in [1.165, 1.54) is 30.0 Å². The highest BCUT2D eigenvalue weighted by molar-refractivity contribution is 7.99. The molecule has 9 nitrogen and oxygen atoms in total. The summed E-state index contributed by atoms with van der Waals surface area (Å²) >= 11 is 1.22. The summed E-state index contributed by atoms with van der Waals surface area (Å²) in [5, 5.41) is 17.0. The maximum absolute atomic E-state index is 12.5. The molecule has 0 bridgehead atoms. The van der Waals surface area contributed by atoms with Gasteiger partial charge < -0.3 is 9.73 Å². The van der Waals surface area contributed by atoms with Crippen LogP contribution in [0.2, 0.25) is 0 Å². The molecule has 1 amide bonds. The summed E-state index contributed by atoms with van der Waals surface area (Å²) in [4.78, 5) is 12.4. The first-order valence-corrected chi connectivity index (χ1v) is 12.4. The van der Waals surface area contributed by atoms with Gasteiger partial charge in [0.1, 0.15) is 5.76 Å². The van der Waals surface area contributed by atoms with E-state index in [-0.39, 0.29) is 16.6 Å². The molecule has 0 unspecified atom stereocenters. The van der Waals surface area contributed by atoms with Gasteiger partial charge in [0.15, 0.2) is 11.0 Å². The fraction of sp³-hybridized carbons (Fsp3) is 0.136. The summed E-state index contributed by atoms with van der Waals surface area (Å²) in [5.41, 5.74) is 2.34. The Hall–Kier alpha value is -3.41. The third-order valence-electron chi connectivity index (χ3n) is 4.67. The van der Waals surface area contributed by atoms with Gasteiger partial charge in [0.25, 0.3) is 0 Å². The number of nitrogens with zero attached hydrogens (tertiary/aromatic N) is 3. The molecule has 170 valence electrons. The van der Waals surface area contributed by atoms with E-state index in [1.54, 1.807) is 12.3 Å². The molecule has 33 heavy (non-hydrogen) atoms. The monoisotopic (exact) mass is 483 g/mol. The number of amides is 1. The molecule has 0 radical (unpaired) electrons. The van der Waals surface area contributed by atoms with Gasteiger partial charge in [0, 0.05) is 11.3 Å². The zero-order valence-electron chi connectivity index (χ0n) is 17.6. The van der Waals surface area contributed by atoms with Crippen molar-refractivity contribution in [1.82, 2.24) is 14.8 Å². The summed E-state index contributed by atoms with van der Waals surface area (Å²) in [6, 6.07) is 17.4. The van der Waals surface area contributed by atoms with Crippen molar-refractivity contribution < 1.29 is 17.6 Å². The van der Waals surface area contributed by atoms with Gasteiger partial charge in [-0.3, -0.25) is 9.36 Å². The number of benzene rings is 2. The number of carbonyl (C=O) groups is 1. The molecule has 2 aromatic carbocycles. The van der Waals surface area contributed by atoms with Crippen LogP contribution in [-0.4, -0.2) is 34.8 Å². The molecule has 4 aromatic rings. The van der Waals surface area contributed by atoms with Crippen LogP contribution in [0.25, 0.3) is 11.4 Å². The molecule has 0 saturated heterocycles. The first kappa shape index (κ1) is 22.8. The molecule has 0 aliphatic carbocycles. The predicted octanol–water partition coefficient (Wildman–Crippen LogP) is 3.27. The van der Waals surface area contributed by atoms with Crippen molar-refractivity contribution >= 4 is 33.4 Å². The lowest BCUT2D eigenvalue weighted by atomic mass is 10.1. The summed E-state index contributed by atoms with van der Waals surface area (Å²) in [6.07, 6.45) is 1.60. The largest absolute Gasteiger partial charge is 0.467 e. The second-order valence-corrected chi connectivity index (χ2v) is 9.75. The van der Waals surface area contributed by atoms with Gasteiger partial charge in [0.2, 0.25) is 15.9 Å². The minimum absolute atomic E-state index is 0.0453. The van der Waals surface area contributed by atoms with Gasteiger partial charge in [-0.2, -0.15) is 0 Å². The van der Waals surface area contributed by atoms with E-state index in [2.05, 4.69) is 15.5 Å². The predicted molar refractivity (Wildman–Crippen MR) is 125 cm³/mol. The smallest absolute Gasteiger partial charge is 0.238 e. The number of aryl methyl sites for hydroxylation is 1. The van der Waals surface area contributed by atoms with Crippen LogP contribution in [0.5, 0.6) is 0 Å². The van der Waals surface area contributed by atoms with Crippen LogP contribution in [-0.2, 0) is 21.4 Å². The van der Waals surface area contributed by atoms with Crippen LogP contribution >= 0.6 is 11.8 Å². The molecule has 11 heteroatoms. The number of furan rings is 1. The van der Waals surface area contributed by atoms with E-state index in [1.807, 2.05) is 47.9 Å². The van der Waals surface area contributed by atoms with Gasteiger partial charge in [-0.25, -0.2) is 13.6 Å². The van der Waals surface area contributed by atoms with Crippen molar-refractivity contribution in [2.24, 2.45) is 5.14 Å². The van der Waals surface area contributed by atoms with Gasteiger partial charge >= 0.3 is 0 Å². The number of carbonyl (C=O) groups excluding carboxylic acids is 1. The molecule has 2 aromatic heterocycles. The Balaban J connectivity index is 1.52. The number of rotatable bonds is 8. The van der Waals surface area contributed by atoms with Gasteiger partial charge in [-0.05, 0) is 43.3 Å². The number of primary sulfonamides is 1. The Morgan fingerprint density at radius 3 is 2.67 bits per heavy atom. The Morgan fingerprint density at radius 2 is 1.94 bits per heavy atom. The normalized spacial score (nSPS) is 11.5. The van der Waals surface area contributed by atoms with Crippen LogP contribution in [0.1, 0.15) is 11.3 Å². The third kappa shape index (κ3) is 5.69. The Kier molecular flexibility index (Phi) is 6.63. The Bertz CT molecular complexity index is 1380. The zero-order valence-corrected chi connectivity index (χ0v) is 19.3. The summed E-state index contributed by atoms with van der Waals surface area (Å²) in [5.74, 6) is 1.12. The van der Waals surface area contributed by atoms with Crippen LogP contribution in [0.3, 0.4) is 0 Å². The third-order valence-corrected chi connectivity index (χ3v) is 6.54. The fourth-order valence-electron chi connectivity index (χ4n) is 3.17. The number of hydrogen-bond acceptors (Lipinski definition) is 7. The lowest BCUT2D eigenvalue weighted by Gasteiger charge is -2.10. The molecule has 0 atom stereocenters.